The Hall–Kier alpha value is -3.13. The molecule has 2 heterocycles. The van der Waals surface area contributed by atoms with Crippen molar-refractivity contribution in [2.24, 2.45) is 5.10 Å². The predicted octanol–water partition coefficient (Wildman–Crippen LogP) is 5.05. The van der Waals surface area contributed by atoms with Gasteiger partial charge in [0.25, 0.3) is 0 Å². The summed E-state index contributed by atoms with van der Waals surface area (Å²) in [6, 6.07) is 11.6. The van der Waals surface area contributed by atoms with E-state index in [0.29, 0.717) is 23.9 Å². The number of hydrazone groups is 1. The van der Waals surface area contributed by atoms with E-state index in [1.165, 1.54) is 24.5 Å². The standard InChI is InChI=1S/C20H14ClF3N4O/c21-17-9-25-19(26-10-17)12-28-11-16-7-14(1-2-15(16)8-27-28)13-3-5-18(6-4-13)29-20(22,23)24/h1-10H,11-12H2. The quantitative estimate of drug-likeness (QED) is 0.595. The fourth-order valence-electron chi connectivity index (χ4n) is 2.96. The van der Waals surface area contributed by atoms with E-state index in [1.54, 1.807) is 18.3 Å². The van der Waals surface area contributed by atoms with Crippen LogP contribution in [0.2, 0.25) is 5.02 Å². The monoisotopic (exact) mass is 418 g/mol. The fraction of sp³-hybridized carbons (Fsp3) is 0.150. The zero-order chi connectivity index (χ0) is 20.4. The highest BCUT2D eigenvalue weighted by Gasteiger charge is 2.31. The maximum absolute atomic E-state index is 12.3. The molecule has 1 aliphatic rings. The molecule has 1 aromatic heterocycles. The Bertz CT molecular complexity index is 1040. The Morgan fingerprint density at radius 1 is 1.00 bits per heavy atom. The van der Waals surface area contributed by atoms with Crippen LogP contribution in [0.1, 0.15) is 17.0 Å². The number of ether oxygens (including phenoxy) is 1. The molecule has 0 spiro atoms. The smallest absolute Gasteiger partial charge is 0.406 e. The van der Waals surface area contributed by atoms with Crippen LogP contribution in [-0.2, 0) is 13.1 Å². The minimum absolute atomic E-state index is 0.250. The molecule has 1 aliphatic heterocycles. The molecule has 0 aliphatic carbocycles. The highest BCUT2D eigenvalue weighted by Crippen LogP contribution is 2.28. The van der Waals surface area contributed by atoms with E-state index >= 15 is 0 Å². The highest BCUT2D eigenvalue weighted by atomic mass is 35.5. The van der Waals surface area contributed by atoms with Crippen LogP contribution in [0.4, 0.5) is 13.2 Å². The lowest BCUT2D eigenvalue weighted by molar-refractivity contribution is -0.274. The number of hydrogen-bond donors (Lipinski definition) is 0. The van der Waals surface area contributed by atoms with E-state index in [0.717, 1.165) is 22.3 Å². The summed E-state index contributed by atoms with van der Waals surface area (Å²) in [5, 5.41) is 6.71. The molecule has 5 nitrogen and oxygen atoms in total. The van der Waals surface area contributed by atoms with Crippen molar-refractivity contribution in [3.8, 4) is 16.9 Å². The number of halogens is 4. The Kier molecular flexibility index (Phi) is 5.10. The Morgan fingerprint density at radius 2 is 1.69 bits per heavy atom. The molecule has 0 atom stereocenters. The van der Waals surface area contributed by atoms with Gasteiger partial charge in [0.1, 0.15) is 11.6 Å². The molecule has 0 saturated carbocycles. The van der Waals surface area contributed by atoms with Gasteiger partial charge in [-0.2, -0.15) is 5.10 Å². The summed E-state index contributed by atoms with van der Waals surface area (Å²) in [5.41, 5.74) is 3.71. The van der Waals surface area contributed by atoms with Crippen LogP contribution in [0.15, 0.2) is 60.0 Å². The molecule has 0 amide bonds. The lowest BCUT2D eigenvalue weighted by Crippen LogP contribution is -2.22. The number of fused-ring (bicyclic) bond motifs is 1. The van der Waals surface area contributed by atoms with Gasteiger partial charge in [-0.25, -0.2) is 9.97 Å². The van der Waals surface area contributed by atoms with E-state index in [1.807, 2.05) is 23.2 Å². The predicted molar refractivity (Wildman–Crippen MR) is 102 cm³/mol. The summed E-state index contributed by atoms with van der Waals surface area (Å²) in [6.45, 7) is 0.988. The van der Waals surface area contributed by atoms with Crippen molar-refractivity contribution >= 4 is 17.8 Å². The number of rotatable bonds is 4. The van der Waals surface area contributed by atoms with Crippen LogP contribution >= 0.6 is 11.6 Å². The normalized spacial score (nSPS) is 13.3. The van der Waals surface area contributed by atoms with E-state index in [4.69, 9.17) is 11.6 Å². The largest absolute Gasteiger partial charge is 0.573 e. The first-order valence-corrected chi connectivity index (χ1v) is 8.98. The van der Waals surface area contributed by atoms with Crippen molar-refractivity contribution in [2.45, 2.75) is 19.5 Å². The summed E-state index contributed by atoms with van der Waals surface area (Å²) in [7, 11) is 0. The molecule has 0 radical (unpaired) electrons. The van der Waals surface area contributed by atoms with Gasteiger partial charge in [0.2, 0.25) is 0 Å². The molecule has 0 bridgehead atoms. The first kappa shape index (κ1) is 19.2. The summed E-state index contributed by atoms with van der Waals surface area (Å²) < 4.78 is 40.9. The summed E-state index contributed by atoms with van der Waals surface area (Å²) in [5.74, 6) is 0.354. The molecule has 4 rings (SSSR count). The molecule has 3 aromatic rings. The maximum Gasteiger partial charge on any atom is 0.573 e. The van der Waals surface area contributed by atoms with Crippen molar-refractivity contribution < 1.29 is 17.9 Å². The van der Waals surface area contributed by atoms with Gasteiger partial charge in [-0.15, -0.1) is 13.2 Å². The summed E-state index contributed by atoms with van der Waals surface area (Å²) in [6.07, 6.45) is 0.133. The van der Waals surface area contributed by atoms with Gasteiger partial charge in [-0.1, -0.05) is 35.9 Å². The average molecular weight is 419 g/mol. The topological polar surface area (TPSA) is 50.6 Å². The fourth-order valence-corrected chi connectivity index (χ4v) is 3.06. The third-order valence-corrected chi connectivity index (χ3v) is 4.47. The van der Waals surface area contributed by atoms with E-state index in [-0.39, 0.29) is 5.75 Å². The molecule has 2 aromatic carbocycles. The zero-order valence-electron chi connectivity index (χ0n) is 14.9. The van der Waals surface area contributed by atoms with Crippen molar-refractivity contribution in [1.29, 1.82) is 0 Å². The lowest BCUT2D eigenvalue weighted by Gasteiger charge is -2.23. The average Bonchev–Trinajstić information content (AvgIpc) is 2.69. The highest BCUT2D eigenvalue weighted by molar-refractivity contribution is 6.30. The molecule has 9 heteroatoms. The minimum Gasteiger partial charge on any atom is -0.406 e. The molecule has 0 fully saturated rings. The van der Waals surface area contributed by atoms with E-state index < -0.39 is 6.36 Å². The molecule has 0 N–H and O–H groups in total. The van der Waals surface area contributed by atoms with Crippen LogP contribution in [0, 0.1) is 0 Å². The minimum atomic E-state index is -4.70. The molecule has 29 heavy (non-hydrogen) atoms. The van der Waals surface area contributed by atoms with Crippen molar-refractivity contribution in [3.05, 3.63) is 76.8 Å². The lowest BCUT2D eigenvalue weighted by atomic mass is 9.98. The third kappa shape index (κ3) is 4.83. The first-order chi connectivity index (χ1) is 13.9. The Labute approximate surface area is 169 Å². The maximum atomic E-state index is 12.3. The van der Waals surface area contributed by atoms with Crippen molar-refractivity contribution in [3.63, 3.8) is 0 Å². The van der Waals surface area contributed by atoms with Crippen molar-refractivity contribution in [2.75, 3.05) is 0 Å². The van der Waals surface area contributed by atoms with Gasteiger partial charge in [0.15, 0.2) is 0 Å². The Morgan fingerprint density at radius 3 is 2.38 bits per heavy atom. The van der Waals surface area contributed by atoms with Gasteiger partial charge >= 0.3 is 6.36 Å². The number of benzene rings is 2. The molecule has 0 saturated heterocycles. The van der Waals surface area contributed by atoms with Crippen LogP contribution in [0.5, 0.6) is 5.75 Å². The number of alkyl halides is 3. The molecule has 0 unspecified atom stereocenters. The summed E-state index contributed by atoms with van der Waals surface area (Å²) in [4.78, 5) is 8.35. The van der Waals surface area contributed by atoms with Crippen LogP contribution in [0.25, 0.3) is 11.1 Å². The molecule has 148 valence electrons. The van der Waals surface area contributed by atoms with Crippen LogP contribution in [-0.4, -0.2) is 27.6 Å². The SMILES string of the molecule is FC(F)(F)Oc1ccc(-c2ccc3c(c2)CN(Cc2ncc(Cl)cn2)N=C3)cc1. The van der Waals surface area contributed by atoms with Crippen LogP contribution < -0.4 is 4.74 Å². The second-order valence-corrected chi connectivity index (χ2v) is 6.81. The molecular weight excluding hydrogens is 405 g/mol. The van der Waals surface area contributed by atoms with Gasteiger partial charge in [0.05, 0.1) is 24.3 Å². The second kappa shape index (κ2) is 7.71. The first-order valence-electron chi connectivity index (χ1n) is 8.60. The number of nitrogens with zero attached hydrogens (tertiary/aromatic N) is 4. The number of aromatic nitrogens is 2. The zero-order valence-corrected chi connectivity index (χ0v) is 15.7. The van der Waals surface area contributed by atoms with Gasteiger partial charge < -0.3 is 4.74 Å². The third-order valence-electron chi connectivity index (χ3n) is 4.27. The van der Waals surface area contributed by atoms with E-state index in [2.05, 4.69) is 19.8 Å². The van der Waals surface area contributed by atoms with Crippen molar-refractivity contribution in [1.82, 2.24) is 15.0 Å². The summed E-state index contributed by atoms with van der Waals surface area (Å²) >= 11 is 5.81. The Balaban J connectivity index is 1.50. The van der Waals surface area contributed by atoms with Gasteiger partial charge in [-0.05, 0) is 40.5 Å². The van der Waals surface area contributed by atoms with E-state index in [9.17, 15) is 13.2 Å². The van der Waals surface area contributed by atoms with Crippen LogP contribution in [0.3, 0.4) is 0 Å². The molecular formula is C20H14ClF3N4O. The van der Waals surface area contributed by atoms with Gasteiger partial charge in [-0.3, -0.25) is 5.01 Å². The van der Waals surface area contributed by atoms with Gasteiger partial charge in [0, 0.05) is 12.4 Å². The second-order valence-electron chi connectivity index (χ2n) is 6.37. The number of hydrogen-bond acceptors (Lipinski definition) is 5.